The van der Waals surface area contributed by atoms with Gasteiger partial charge < -0.3 is 14.4 Å². The van der Waals surface area contributed by atoms with Crippen molar-refractivity contribution in [2.24, 2.45) is 0 Å². The Morgan fingerprint density at radius 2 is 1.09 bits per heavy atom. The standard InChI is InChI=1S/C3H4Br.3CH2O.Ru/c1-2-3-4;3*1-2;/h2-3H,1H2;3*1H2;/q-1;;;;+1. The summed E-state index contributed by atoms with van der Waals surface area (Å²) in [5.41, 5.74) is 0. The molecule has 0 aliphatic heterocycles. The third-order valence-corrected chi connectivity index (χ3v) is 0.463. The van der Waals surface area contributed by atoms with Gasteiger partial charge in [0.25, 0.3) is 0 Å². The SMILES string of the molecule is C=C[CH-]Br.C=O.C=O.C=O.[Ru+]. The Morgan fingerprint density at radius 1 is 1.00 bits per heavy atom. The van der Waals surface area contributed by atoms with Crippen molar-refractivity contribution in [3.05, 3.63) is 18.0 Å². The van der Waals surface area contributed by atoms with Crippen molar-refractivity contribution >= 4 is 36.3 Å². The summed E-state index contributed by atoms with van der Waals surface area (Å²) in [4.78, 5) is 24.0. The maximum Gasteiger partial charge on any atom is 1.00 e. The van der Waals surface area contributed by atoms with Crippen LogP contribution >= 0.6 is 15.9 Å². The van der Waals surface area contributed by atoms with E-state index >= 15 is 0 Å². The molecule has 0 unspecified atom stereocenters. The zero-order chi connectivity index (χ0) is 9.41. The van der Waals surface area contributed by atoms with E-state index in [0.29, 0.717) is 0 Å². The summed E-state index contributed by atoms with van der Waals surface area (Å²) in [5, 5.41) is 1.70. The number of allylic oxidation sites excluding steroid dienone is 1. The van der Waals surface area contributed by atoms with E-state index in [9.17, 15) is 0 Å². The van der Waals surface area contributed by atoms with Crippen molar-refractivity contribution in [3.8, 4) is 0 Å². The molecule has 5 heteroatoms. The Balaban J connectivity index is -0.0000000152. The van der Waals surface area contributed by atoms with Crippen molar-refractivity contribution in [2.75, 3.05) is 0 Å². The van der Waals surface area contributed by atoms with Crippen LogP contribution in [0, 0.1) is 5.33 Å². The monoisotopic (exact) mass is 311 g/mol. The molecule has 0 aromatic carbocycles. The molecule has 0 heterocycles. The van der Waals surface area contributed by atoms with Crippen LogP contribution < -0.4 is 0 Å². The second kappa shape index (κ2) is 249. The average molecular weight is 311 g/mol. The third kappa shape index (κ3) is 1110. The number of rotatable bonds is 1. The zero-order valence-electron chi connectivity index (χ0n) is 5.94. The minimum atomic E-state index is 0. The second-order valence-corrected chi connectivity index (χ2v) is 0.890. The van der Waals surface area contributed by atoms with Crippen LogP contribution in [-0.4, -0.2) is 20.4 Å². The first-order chi connectivity index (χ1) is 4.91. The van der Waals surface area contributed by atoms with Crippen molar-refractivity contribution < 1.29 is 33.9 Å². The molecule has 0 aromatic heterocycles. The smallest absolute Gasteiger partial charge is 0.307 e. The van der Waals surface area contributed by atoms with Crippen LogP contribution in [0.15, 0.2) is 12.7 Å². The molecule has 0 amide bonds. The summed E-state index contributed by atoms with van der Waals surface area (Å²) < 4.78 is 0. The number of carbonyl (C=O) groups is 3. The number of carbonyl (C=O) groups excluding carboxylic acids is 3. The predicted octanol–water partition coefficient (Wildman–Crippen LogP) is 1.17. The molecule has 0 rings (SSSR count). The Bertz CT molecular complexity index is 50.3. The fourth-order valence-corrected chi connectivity index (χ4v) is 0. The van der Waals surface area contributed by atoms with Crippen LogP contribution in [0.25, 0.3) is 0 Å². The molecule has 0 atom stereocenters. The Labute approximate surface area is 88.1 Å². The van der Waals surface area contributed by atoms with E-state index in [0.717, 1.165) is 0 Å². The molecule has 0 N–H and O–H groups in total. The summed E-state index contributed by atoms with van der Waals surface area (Å²) >= 11 is 3.01. The van der Waals surface area contributed by atoms with Crippen LogP contribution in [-0.2, 0) is 33.9 Å². The molecule has 0 aliphatic rings. The molecular weight excluding hydrogens is 301 g/mol. The van der Waals surface area contributed by atoms with Gasteiger partial charge in [0.15, 0.2) is 0 Å². The molecule has 11 heavy (non-hydrogen) atoms. The molecule has 0 fully saturated rings. The van der Waals surface area contributed by atoms with Gasteiger partial charge in [-0.2, -0.15) is 21.3 Å². The Hall–Kier alpha value is -0.277. The molecule has 0 aliphatic carbocycles. The van der Waals surface area contributed by atoms with Crippen LogP contribution in [0.4, 0.5) is 0 Å². The van der Waals surface area contributed by atoms with Gasteiger partial charge in [-0.15, -0.1) is 0 Å². The molecule has 0 saturated heterocycles. The summed E-state index contributed by atoms with van der Waals surface area (Å²) in [5.74, 6) is 0. The average Bonchev–Trinajstić information content (AvgIpc) is 2.14. The summed E-state index contributed by atoms with van der Waals surface area (Å²) in [6.45, 7) is 9.38. The van der Waals surface area contributed by atoms with E-state index in [1.165, 1.54) is 0 Å². The van der Waals surface area contributed by atoms with Gasteiger partial charge in [-0.05, 0) is 0 Å². The van der Waals surface area contributed by atoms with E-state index in [-0.39, 0.29) is 19.5 Å². The zero-order valence-corrected chi connectivity index (χ0v) is 9.26. The van der Waals surface area contributed by atoms with E-state index in [4.69, 9.17) is 14.4 Å². The van der Waals surface area contributed by atoms with Gasteiger partial charge in [0.1, 0.15) is 20.4 Å². The van der Waals surface area contributed by atoms with E-state index in [2.05, 4.69) is 22.5 Å². The van der Waals surface area contributed by atoms with Gasteiger partial charge >= 0.3 is 19.5 Å². The quantitative estimate of drug-likeness (QED) is 0.540. The normalized spacial score (nSPS) is 3.00. The van der Waals surface area contributed by atoms with Gasteiger partial charge in [-0.3, -0.25) is 0 Å². The van der Waals surface area contributed by atoms with Gasteiger partial charge in [0.05, 0.1) is 0 Å². The fourth-order valence-electron chi connectivity index (χ4n) is 0. The topological polar surface area (TPSA) is 51.2 Å². The van der Waals surface area contributed by atoms with E-state index in [1.807, 2.05) is 20.4 Å². The predicted molar refractivity (Wildman–Crippen MR) is 44.8 cm³/mol. The van der Waals surface area contributed by atoms with Crippen LogP contribution in [0.5, 0.6) is 0 Å². The number of hydrogen-bond acceptors (Lipinski definition) is 3. The Morgan fingerprint density at radius 3 is 1.09 bits per heavy atom. The maximum absolute atomic E-state index is 8.00. The summed E-state index contributed by atoms with van der Waals surface area (Å²) in [6, 6.07) is 0. The minimum absolute atomic E-state index is 0. The van der Waals surface area contributed by atoms with Crippen molar-refractivity contribution in [3.63, 3.8) is 0 Å². The molecule has 1 radical (unpaired) electrons. The molecule has 0 saturated carbocycles. The third-order valence-electron chi connectivity index (χ3n) is 0.0891. The number of halogens is 1. The van der Waals surface area contributed by atoms with Gasteiger partial charge in [-0.25, -0.2) is 12.7 Å². The fraction of sp³-hybridized carbons (Fsp3) is 0. The van der Waals surface area contributed by atoms with Crippen molar-refractivity contribution in [1.82, 2.24) is 0 Å². The Kier molecular flexibility index (Phi) is 701. The molecule has 67 valence electrons. The van der Waals surface area contributed by atoms with Crippen LogP contribution in [0.1, 0.15) is 0 Å². The van der Waals surface area contributed by atoms with Gasteiger partial charge in [0.2, 0.25) is 0 Å². The van der Waals surface area contributed by atoms with Crippen molar-refractivity contribution in [2.45, 2.75) is 0 Å². The maximum atomic E-state index is 8.00. The molecule has 0 bridgehead atoms. The molecule has 3 nitrogen and oxygen atoms in total. The van der Waals surface area contributed by atoms with E-state index < -0.39 is 0 Å². The van der Waals surface area contributed by atoms with E-state index in [1.54, 1.807) is 11.4 Å². The first kappa shape index (κ1) is 31.0. The first-order valence-electron chi connectivity index (χ1n) is 1.83. The van der Waals surface area contributed by atoms with Gasteiger partial charge in [0, 0.05) is 0 Å². The second-order valence-electron chi connectivity index (χ2n) is 0.362. The summed E-state index contributed by atoms with van der Waals surface area (Å²) in [7, 11) is 0. The summed E-state index contributed by atoms with van der Waals surface area (Å²) in [6.07, 6.45) is 1.67. The first-order valence-corrected chi connectivity index (χ1v) is 2.74. The molecule has 0 aromatic rings. The minimum Gasteiger partial charge on any atom is -0.307 e. The largest absolute Gasteiger partial charge is 1.00 e. The van der Waals surface area contributed by atoms with Crippen molar-refractivity contribution in [1.29, 1.82) is 0 Å². The number of hydrogen-bond donors (Lipinski definition) is 0. The molecule has 0 spiro atoms. The van der Waals surface area contributed by atoms with Crippen LogP contribution in [0.2, 0.25) is 0 Å². The van der Waals surface area contributed by atoms with Crippen LogP contribution in [0.3, 0.4) is 0 Å². The molecular formula is C6H10BrO3Ru. The van der Waals surface area contributed by atoms with Gasteiger partial charge in [-0.1, -0.05) is 0 Å².